The van der Waals surface area contributed by atoms with E-state index in [0.29, 0.717) is 19.3 Å². The Morgan fingerprint density at radius 2 is 0.926 bits per heavy atom. The number of nitrogens with one attached hydrogen (secondary N) is 2. The van der Waals surface area contributed by atoms with E-state index in [9.17, 15) is 44.0 Å². The van der Waals surface area contributed by atoms with E-state index in [0.717, 1.165) is 88.4 Å². The van der Waals surface area contributed by atoms with Crippen molar-refractivity contribution >= 4 is 31.6 Å². The van der Waals surface area contributed by atoms with Gasteiger partial charge in [-0.25, -0.2) is 4.57 Å². The van der Waals surface area contributed by atoms with Crippen molar-refractivity contribution in [2.75, 3.05) is 33.0 Å². The van der Waals surface area contributed by atoms with E-state index < -0.39 is 101 Å². The normalized spacial score (nSPS) is 19.0. The van der Waals surface area contributed by atoms with Gasteiger partial charge in [0, 0.05) is 26.3 Å². The molecule has 478 valence electrons. The number of carbonyl (C=O) groups excluding carboxylic acids is 4. The molecule has 0 aromatic rings. The average molecular weight is 1180 g/mol. The molecule has 0 spiro atoms. The standard InChI is InChI=1S/C63H121N2O15P/c1-50(2)40-34-28-22-16-11-8-9-14-21-27-33-39-45-64-62(72)56(49-76-63-59(65-53(7)67)61(71)60(70)55(46-66)79-63)80-81(73,74)77-48-54(47-75-57(68)43-37-31-25-20-15-18-24-30-36-42-52(5)6)78-58(69)44-38-32-26-19-13-10-12-17-23-29-35-41-51(3)4/h50-52,54-56,59-61,63,66,70-71H,8-49H2,1-7H3,(H,64,72)(H,65,67)(H,73,74)/t54-,55-,56-,59-,60-,61-,63+/m1/s1. The highest BCUT2D eigenvalue weighted by Gasteiger charge is 2.46. The highest BCUT2D eigenvalue weighted by atomic mass is 31.2. The summed E-state index contributed by atoms with van der Waals surface area (Å²) in [6.07, 6.45) is 30.6. The van der Waals surface area contributed by atoms with Gasteiger partial charge in [-0.1, -0.05) is 247 Å². The zero-order valence-corrected chi connectivity index (χ0v) is 53.1. The van der Waals surface area contributed by atoms with Crippen molar-refractivity contribution in [3.63, 3.8) is 0 Å². The number of hydrogen-bond acceptors (Lipinski definition) is 14. The van der Waals surface area contributed by atoms with Crippen LogP contribution in [0.15, 0.2) is 0 Å². The number of esters is 2. The van der Waals surface area contributed by atoms with Crippen molar-refractivity contribution in [1.82, 2.24) is 10.6 Å². The van der Waals surface area contributed by atoms with Crippen LogP contribution in [0.3, 0.4) is 0 Å². The third-order valence-electron chi connectivity index (χ3n) is 15.2. The Bertz CT molecular complexity index is 1610. The fourth-order valence-corrected chi connectivity index (χ4v) is 11.1. The molecule has 17 nitrogen and oxygen atoms in total. The summed E-state index contributed by atoms with van der Waals surface area (Å²) in [6, 6.07) is -1.36. The average Bonchev–Trinajstić information content (AvgIpc) is 3.41. The largest absolute Gasteiger partial charge is 0.473 e. The number of phosphoric ester groups is 1. The Hall–Kier alpha value is -2.21. The third kappa shape index (κ3) is 44.0. The zero-order valence-electron chi connectivity index (χ0n) is 52.2. The molecule has 0 saturated carbocycles. The summed E-state index contributed by atoms with van der Waals surface area (Å²) in [7, 11) is -5.18. The molecule has 0 bridgehead atoms. The number of hydrogen-bond donors (Lipinski definition) is 6. The van der Waals surface area contributed by atoms with Gasteiger partial charge < -0.3 is 49.8 Å². The second-order valence-corrected chi connectivity index (χ2v) is 26.0. The van der Waals surface area contributed by atoms with E-state index in [2.05, 4.69) is 52.2 Å². The van der Waals surface area contributed by atoms with Crippen LogP contribution in [0.2, 0.25) is 0 Å². The van der Waals surface area contributed by atoms with Gasteiger partial charge in [0.2, 0.25) is 5.91 Å². The van der Waals surface area contributed by atoms with E-state index >= 15 is 0 Å². The quantitative estimate of drug-likeness (QED) is 0.0188. The molecule has 0 aromatic heterocycles. The molecule has 0 aromatic carbocycles. The smallest absolute Gasteiger partial charge is 0.462 e. The van der Waals surface area contributed by atoms with Gasteiger partial charge in [0.15, 0.2) is 18.5 Å². The molecule has 0 aliphatic carbocycles. The summed E-state index contributed by atoms with van der Waals surface area (Å²) in [6.45, 7) is 12.4. The molecule has 81 heavy (non-hydrogen) atoms. The van der Waals surface area contributed by atoms with Gasteiger partial charge in [-0.2, -0.15) is 0 Å². The van der Waals surface area contributed by atoms with Gasteiger partial charge >= 0.3 is 19.8 Å². The minimum atomic E-state index is -5.18. The number of aliphatic hydroxyl groups is 3. The number of phosphoric acid groups is 1. The minimum absolute atomic E-state index is 0.0933. The molecule has 1 aliphatic heterocycles. The molecule has 18 heteroatoms. The van der Waals surface area contributed by atoms with Crippen LogP contribution < -0.4 is 10.6 Å². The fourth-order valence-electron chi connectivity index (χ4n) is 10.2. The van der Waals surface area contributed by atoms with Crippen molar-refractivity contribution in [2.45, 2.75) is 329 Å². The van der Waals surface area contributed by atoms with Crippen molar-refractivity contribution < 1.29 is 72.0 Å². The summed E-state index contributed by atoms with van der Waals surface area (Å²) < 4.78 is 47.2. The second kappa shape index (κ2) is 50.0. The molecule has 1 aliphatic rings. The first kappa shape index (κ1) is 76.8. The highest BCUT2D eigenvalue weighted by Crippen LogP contribution is 2.45. The van der Waals surface area contributed by atoms with Crippen LogP contribution >= 0.6 is 7.82 Å². The van der Waals surface area contributed by atoms with Gasteiger partial charge in [0.05, 0.1) is 19.8 Å². The fraction of sp³-hybridized carbons (Fsp3) is 0.937. The molecule has 0 radical (unpaired) electrons. The number of amides is 2. The second-order valence-electron chi connectivity index (χ2n) is 24.6. The number of aliphatic hydroxyl groups excluding tert-OH is 3. The summed E-state index contributed by atoms with van der Waals surface area (Å²) in [5.41, 5.74) is 0. The first-order chi connectivity index (χ1) is 38.8. The lowest BCUT2D eigenvalue weighted by Gasteiger charge is -2.42. The number of carbonyl (C=O) groups is 4. The van der Waals surface area contributed by atoms with E-state index in [1.54, 1.807) is 0 Å². The number of unbranched alkanes of at least 4 members (excludes halogenated alkanes) is 29. The molecule has 1 rings (SSSR count). The van der Waals surface area contributed by atoms with Gasteiger partial charge in [-0.3, -0.25) is 28.2 Å². The van der Waals surface area contributed by atoms with Crippen LogP contribution in [0.25, 0.3) is 0 Å². The summed E-state index contributed by atoms with van der Waals surface area (Å²) >= 11 is 0. The summed E-state index contributed by atoms with van der Waals surface area (Å²) in [5, 5.41) is 36.4. The first-order valence-corrected chi connectivity index (χ1v) is 34.1. The van der Waals surface area contributed by atoms with Crippen LogP contribution in [0.4, 0.5) is 0 Å². The Balaban J connectivity index is 2.93. The van der Waals surface area contributed by atoms with Gasteiger partial charge in [0.25, 0.3) is 5.91 Å². The maximum atomic E-state index is 13.7. The lowest BCUT2D eigenvalue weighted by Crippen LogP contribution is -2.64. The van der Waals surface area contributed by atoms with Crippen LogP contribution in [0.1, 0.15) is 286 Å². The molecule has 8 atom stereocenters. The Labute approximate surface area is 492 Å². The SMILES string of the molecule is CC(=O)N[C@H]1[C@@H](OC[C@@H](OP(=O)(O)OC[C@@H](COC(=O)CCCCCCCCCCCC(C)C)OC(=O)CCCCCCCCCCCCCC(C)C)C(=O)NCCCCCCCCCCCCCCC(C)C)O[C@H](CO)[C@@H](O)[C@@H]1O. The molecule has 1 fully saturated rings. The molecular weight excluding hydrogens is 1060 g/mol. The van der Waals surface area contributed by atoms with E-state index in [1.165, 1.54) is 142 Å². The van der Waals surface area contributed by atoms with Gasteiger partial charge in [0.1, 0.15) is 31.0 Å². The van der Waals surface area contributed by atoms with Crippen molar-refractivity contribution in [1.29, 1.82) is 0 Å². The van der Waals surface area contributed by atoms with E-state index in [1.807, 2.05) is 0 Å². The predicted octanol–water partition coefficient (Wildman–Crippen LogP) is 13.4. The molecule has 1 unspecified atom stereocenters. The van der Waals surface area contributed by atoms with Crippen LogP contribution in [0, 0.1) is 17.8 Å². The van der Waals surface area contributed by atoms with E-state index in [-0.39, 0.29) is 19.4 Å². The molecule has 6 N–H and O–H groups in total. The van der Waals surface area contributed by atoms with Gasteiger partial charge in [-0.15, -0.1) is 0 Å². The lowest BCUT2D eigenvalue weighted by atomic mass is 9.97. The predicted molar refractivity (Wildman–Crippen MR) is 321 cm³/mol. The Morgan fingerprint density at radius 3 is 1.33 bits per heavy atom. The molecule has 1 heterocycles. The maximum absolute atomic E-state index is 13.7. The number of ether oxygens (including phenoxy) is 4. The van der Waals surface area contributed by atoms with E-state index in [4.69, 9.17) is 28.0 Å². The van der Waals surface area contributed by atoms with Crippen molar-refractivity contribution in [3.8, 4) is 0 Å². The number of rotatable bonds is 55. The molecule has 1 saturated heterocycles. The van der Waals surface area contributed by atoms with Crippen molar-refractivity contribution in [2.24, 2.45) is 17.8 Å². The topological polar surface area (TPSA) is 246 Å². The van der Waals surface area contributed by atoms with Crippen LogP contribution in [0.5, 0.6) is 0 Å². The third-order valence-corrected chi connectivity index (χ3v) is 16.2. The summed E-state index contributed by atoms with van der Waals surface area (Å²) in [4.78, 5) is 63.0. The Kier molecular flexibility index (Phi) is 47.4. The molecule has 2 amide bonds. The first-order valence-electron chi connectivity index (χ1n) is 32.6. The maximum Gasteiger partial charge on any atom is 0.473 e. The van der Waals surface area contributed by atoms with Crippen LogP contribution in [-0.2, 0) is 51.7 Å². The zero-order chi connectivity index (χ0) is 59.9. The lowest BCUT2D eigenvalue weighted by molar-refractivity contribution is -0.273. The van der Waals surface area contributed by atoms with Gasteiger partial charge in [-0.05, 0) is 37.0 Å². The Morgan fingerprint density at radius 1 is 0.531 bits per heavy atom. The minimum Gasteiger partial charge on any atom is -0.462 e. The monoisotopic (exact) mass is 1180 g/mol. The molecular formula is C63H121N2O15P. The highest BCUT2D eigenvalue weighted by molar-refractivity contribution is 7.47. The van der Waals surface area contributed by atoms with Crippen LogP contribution in [-0.4, -0.2) is 120 Å². The van der Waals surface area contributed by atoms with Crippen molar-refractivity contribution in [3.05, 3.63) is 0 Å². The summed E-state index contributed by atoms with van der Waals surface area (Å²) in [5.74, 6) is -0.230.